The third-order valence-electron chi connectivity index (χ3n) is 4.15. The number of nitro groups is 1. The number of non-ortho nitro benzene ring substituents is 1. The van der Waals surface area contributed by atoms with Crippen LogP contribution in [0.4, 0.5) is 11.4 Å². The summed E-state index contributed by atoms with van der Waals surface area (Å²) >= 11 is 3.37. The van der Waals surface area contributed by atoms with Gasteiger partial charge in [-0.3, -0.25) is 15.0 Å². The van der Waals surface area contributed by atoms with Crippen molar-refractivity contribution in [3.63, 3.8) is 0 Å². The summed E-state index contributed by atoms with van der Waals surface area (Å²) < 4.78 is 6.59. The van der Waals surface area contributed by atoms with Crippen LogP contribution in [0.25, 0.3) is 0 Å². The molecule has 2 heterocycles. The summed E-state index contributed by atoms with van der Waals surface area (Å²) in [5.41, 5.74) is 0.939. The fraction of sp³-hybridized carbons (Fsp3) is 0.571. The third-order valence-corrected chi connectivity index (χ3v) is 4.80. The lowest BCUT2D eigenvalue weighted by molar-refractivity contribution is -0.384. The second-order valence-electron chi connectivity index (χ2n) is 5.55. The Kier molecular flexibility index (Phi) is 4.42. The molecule has 2 aliphatic heterocycles. The minimum atomic E-state index is -0.397. The third kappa shape index (κ3) is 3.36. The van der Waals surface area contributed by atoms with Gasteiger partial charge in [0, 0.05) is 41.4 Å². The van der Waals surface area contributed by atoms with Gasteiger partial charge in [-0.25, -0.2) is 0 Å². The number of halogens is 1. The number of fused-ring (bicyclic) bond motifs is 1. The second kappa shape index (κ2) is 6.29. The highest BCUT2D eigenvalue weighted by Gasteiger charge is 2.32. The number of nitrogens with zero attached hydrogens (tertiary/aromatic N) is 2. The molecule has 0 bridgehead atoms. The largest absolute Gasteiger partial charge is 0.381 e. The van der Waals surface area contributed by atoms with Crippen LogP contribution in [0.3, 0.4) is 0 Å². The van der Waals surface area contributed by atoms with Gasteiger partial charge in [-0.15, -0.1) is 0 Å². The molecule has 0 saturated carbocycles. The van der Waals surface area contributed by atoms with Gasteiger partial charge in [-0.05, 0) is 41.4 Å². The van der Waals surface area contributed by atoms with E-state index in [-0.39, 0.29) is 11.8 Å². The Hall–Kier alpha value is -1.18. The average molecular weight is 356 g/mol. The first-order chi connectivity index (χ1) is 10.1. The van der Waals surface area contributed by atoms with Gasteiger partial charge >= 0.3 is 0 Å². The zero-order valence-electron chi connectivity index (χ0n) is 11.6. The van der Waals surface area contributed by atoms with Gasteiger partial charge in [0.25, 0.3) is 5.69 Å². The van der Waals surface area contributed by atoms with Crippen molar-refractivity contribution in [1.82, 2.24) is 4.90 Å². The Balaban J connectivity index is 1.56. The highest BCUT2D eigenvalue weighted by molar-refractivity contribution is 9.10. The molecule has 2 aliphatic rings. The number of nitrogens with one attached hydrogen (secondary N) is 1. The first kappa shape index (κ1) is 14.7. The van der Waals surface area contributed by atoms with E-state index in [9.17, 15) is 10.1 Å². The van der Waals surface area contributed by atoms with Gasteiger partial charge in [0.2, 0.25) is 0 Å². The smallest absolute Gasteiger partial charge is 0.270 e. The van der Waals surface area contributed by atoms with Crippen LogP contribution in [0.15, 0.2) is 22.7 Å². The van der Waals surface area contributed by atoms with E-state index < -0.39 is 4.92 Å². The van der Waals surface area contributed by atoms with E-state index in [0.29, 0.717) is 17.1 Å². The summed E-state index contributed by atoms with van der Waals surface area (Å²) in [5, 5.41) is 14.0. The Bertz CT molecular complexity index is 540. The number of morpholine rings is 1. The monoisotopic (exact) mass is 355 g/mol. The van der Waals surface area contributed by atoms with E-state index in [1.165, 1.54) is 31.5 Å². The molecule has 114 valence electrons. The Morgan fingerprint density at radius 2 is 2.38 bits per heavy atom. The summed E-state index contributed by atoms with van der Waals surface area (Å²) in [4.78, 5) is 12.8. The van der Waals surface area contributed by atoms with Gasteiger partial charge in [0.05, 0.1) is 17.6 Å². The van der Waals surface area contributed by atoms with Crippen molar-refractivity contribution in [2.75, 3.05) is 31.6 Å². The molecule has 1 aromatic rings. The molecule has 2 atom stereocenters. The highest BCUT2D eigenvalue weighted by Crippen LogP contribution is 2.28. The molecule has 1 N–H and O–H groups in total. The van der Waals surface area contributed by atoms with Crippen LogP contribution in [0.2, 0.25) is 0 Å². The van der Waals surface area contributed by atoms with E-state index in [4.69, 9.17) is 4.74 Å². The topological polar surface area (TPSA) is 67.6 Å². The predicted octanol–water partition coefficient (Wildman–Crippen LogP) is 2.63. The lowest BCUT2D eigenvalue weighted by atomic mass is 10.2. The lowest BCUT2D eigenvalue weighted by Crippen LogP contribution is -2.48. The van der Waals surface area contributed by atoms with Crippen LogP contribution in [0.5, 0.6) is 0 Å². The fourth-order valence-electron chi connectivity index (χ4n) is 2.99. The molecule has 2 saturated heterocycles. The summed E-state index contributed by atoms with van der Waals surface area (Å²) in [6.45, 7) is 3.65. The van der Waals surface area contributed by atoms with E-state index in [2.05, 4.69) is 26.1 Å². The highest BCUT2D eigenvalue weighted by atomic mass is 79.9. The molecule has 21 heavy (non-hydrogen) atoms. The maximum absolute atomic E-state index is 10.7. The zero-order chi connectivity index (χ0) is 14.8. The average Bonchev–Trinajstić information content (AvgIpc) is 2.93. The second-order valence-corrected chi connectivity index (χ2v) is 6.40. The van der Waals surface area contributed by atoms with Crippen LogP contribution in [-0.2, 0) is 4.74 Å². The van der Waals surface area contributed by atoms with Crippen LogP contribution in [0, 0.1) is 10.1 Å². The van der Waals surface area contributed by atoms with Crippen LogP contribution in [0.1, 0.15) is 12.8 Å². The molecule has 2 fully saturated rings. The molecule has 7 heteroatoms. The van der Waals surface area contributed by atoms with E-state index in [1.807, 2.05) is 0 Å². The molecule has 0 spiro atoms. The van der Waals surface area contributed by atoms with Gasteiger partial charge < -0.3 is 10.1 Å². The predicted molar refractivity (Wildman–Crippen MR) is 83.6 cm³/mol. The Morgan fingerprint density at radius 3 is 3.14 bits per heavy atom. The number of hydrogen-bond acceptors (Lipinski definition) is 5. The normalized spacial score (nSPS) is 25.6. The molecule has 0 amide bonds. The number of benzene rings is 1. The van der Waals surface area contributed by atoms with Crippen LogP contribution >= 0.6 is 15.9 Å². The van der Waals surface area contributed by atoms with Crippen molar-refractivity contribution in [2.24, 2.45) is 0 Å². The molecule has 2 unspecified atom stereocenters. The quantitative estimate of drug-likeness (QED) is 0.664. The molecule has 0 radical (unpaired) electrons. The van der Waals surface area contributed by atoms with Crippen LogP contribution in [-0.4, -0.2) is 48.2 Å². The first-order valence-electron chi connectivity index (χ1n) is 7.17. The van der Waals surface area contributed by atoms with E-state index >= 15 is 0 Å². The van der Waals surface area contributed by atoms with Gasteiger partial charge in [-0.2, -0.15) is 0 Å². The van der Waals surface area contributed by atoms with Gasteiger partial charge in [0.15, 0.2) is 0 Å². The molecule has 3 rings (SSSR count). The van der Waals surface area contributed by atoms with Crippen molar-refractivity contribution in [1.29, 1.82) is 0 Å². The Morgan fingerprint density at radius 1 is 1.52 bits per heavy atom. The molecule has 1 aromatic carbocycles. The fourth-order valence-corrected chi connectivity index (χ4v) is 3.50. The van der Waals surface area contributed by atoms with Crippen molar-refractivity contribution >= 4 is 27.3 Å². The standard InChI is InChI=1S/C14H18BrN3O3/c15-13-6-10(18(19)20)3-4-14(13)16-7-12-8-17-5-1-2-11(17)9-21-12/h3-4,6,11-12,16H,1-2,5,7-9H2. The van der Waals surface area contributed by atoms with E-state index in [1.54, 1.807) is 6.07 Å². The number of nitro benzene ring substituents is 1. The SMILES string of the molecule is O=[N+]([O-])c1ccc(NCC2CN3CCCC3CO2)c(Br)c1. The molecule has 0 aliphatic carbocycles. The Labute approximate surface area is 131 Å². The number of ether oxygens (including phenoxy) is 1. The number of rotatable bonds is 4. The van der Waals surface area contributed by atoms with Gasteiger partial charge in [-0.1, -0.05) is 0 Å². The molecule has 6 nitrogen and oxygen atoms in total. The van der Waals surface area contributed by atoms with Crippen molar-refractivity contribution < 1.29 is 9.66 Å². The van der Waals surface area contributed by atoms with Crippen molar-refractivity contribution in [3.8, 4) is 0 Å². The molecular weight excluding hydrogens is 338 g/mol. The summed E-state index contributed by atoms with van der Waals surface area (Å²) in [5.74, 6) is 0. The minimum absolute atomic E-state index is 0.0845. The van der Waals surface area contributed by atoms with Crippen LogP contribution < -0.4 is 5.32 Å². The number of anilines is 1. The summed E-state index contributed by atoms with van der Waals surface area (Å²) in [6, 6.07) is 5.35. The number of hydrogen-bond donors (Lipinski definition) is 1. The zero-order valence-corrected chi connectivity index (χ0v) is 13.2. The van der Waals surface area contributed by atoms with E-state index in [0.717, 1.165) is 18.8 Å². The maximum atomic E-state index is 10.7. The minimum Gasteiger partial charge on any atom is -0.381 e. The lowest BCUT2D eigenvalue weighted by Gasteiger charge is -2.35. The van der Waals surface area contributed by atoms with Crippen molar-refractivity contribution in [2.45, 2.75) is 25.0 Å². The molecular formula is C14H18BrN3O3. The summed E-state index contributed by atoms with van der Waals surface area (Å²) in [6.07, 6.45) is 2.68. The molecule has 0 aromatic heterocycles. The first-order valence-corrected chi connectivity index (χ1v) is 7.96. The van der Waals surface area contributed by atoms with Gasteiger partial charge in [0.1, 0.15) is 0 Å². The maximum Gasteiger partial charge on any atom is 0.270 e. The van der Waals surface area contributed by atoms with Crippen molar-refractivity contribution in [3.05, 3.63) is 32.8 Å². The summed E-state index contributed by atoms with van der Waals surface area (Å²) in [7, 11) is 0.